The number of carbonyl (C=O) groups excluding carboxylic acids is 1. The van der Waals surface area contributed by atoms with Crippen LogP contribution >= 0.6 is 11.6 Å². The normalized spacial score (nSPS) is 11.1. The lowest BCUT2D eigenvalue weighted by molar-refractivity contribution is -0.123. The van der Waals surface area contributed by atoms with Gasteiger partial charge in [-0.3, -0.25) is 4.79 Å². The number of halogens is 1. The Kier molecular flexibility index (Phi) is 6.21. The minimum atomic E-state index is -0.336. The van der Waals surface area contributed by atoms with Gasteiger partial charge < -0.3 is 9.47 Å². The van der Waals surface area contributed by atoms with E-state index in [0.29, 0.717) is 16.5 Å². The number of ether oxygens (including phenoxy) is 2. The summed E-state index contributed by atoms with van der Waals surface area (Å²) in [5.41, 5.74) is 4.93. The molecule has 0 aliphatic carbocycles. The van der Waals surface area contributed by atoms with Crippen LogP contribution in [0.5, 0.6) is 11.5 Å². The molecule has 0 saturated carbocycles. The number of aryl methyl sites for hydroxylation is 1. The maximum absolute atomic E-state index is 11.8. The average Bonchev–Trinajstić information content (AvgIpc) is 2.59. The van der Waals surface area contributed by atoms with Gasteiger partial charge in [-0.15, -0.1) is 0 Å². The molecule has 24 heavy (non-hydrogen) atoms. The summed E-state index contributed by atoms with van der Waals surface area (Å²) in [4.78, 5) is 11.8. The van der Waals surface area contributed by atoms with Crippen LogP contribution in [0.4, 0.5) is 0 Å². The first-order chi connectivity index (χ1) is 11.5. The first kappa shape index (κ1) is 17.8. The number of benzene rings is 2. The molecule has 6 heteroatoms. The fraction of sp³-hybridized carbons (Fsp3) is 0.222. The van der Waals surface area contributed by atoms with Crippen LogP contribution < -0.4 is 14.9 Å². The van der Waals surface area contributed by atoms with Crippen molar-refractivity contribution in [3.63, 3.8) is 0 Å². The summed E-state index contributed by atoms with van der Waals surface area (Å²) in [6, 6.07) is 12.6. The van der Waals surface area contributed by atoms with Crippen LogP contribution in [-0.4, -0.2) is 25.3 Å². The van der Waals surface area contributed by atoms with E-state index in [1.807, 2.05) is 38.1 Å². The molecule has 0 unspecified atom stereocenters. The molecule has 2 aromatic carbocycles. The quantitative estimate of drug-likeness (QED) is 0.642. The summed E-state index contributed by atoms with van der Waals surface area (Å²) in [7, 11) is 1.61. The van der Waals surface area contributed by atoms with Crippen LogP contribution in [0.15, 0.2) is 47.6 Å². The predicted octanol–water partition coefficient (Wildman–Crippen LogP) is 3.58. The van der Waals surface area contributed by atoms with Crippen LogP contribution in [0.1, 0.15) is 18.1 Å². The van der Waals surface area contributed by atoms with Crippen molar-refractivity contribution in [3.05, 3.63) is 58.6 Å². The van der Waals surface area contributed by atoms with Gasteiger partial charge in [-0.2, -0.15) is 5.10 Å². The van der Waals surface area contributed by atoms with Gasteiger partial charge in [-0.25, -0.2) is 5.43 Å². The Morgan fingerprint density at radius 2 is 1.92 bits per heavy atom. The van der Waals surface area contributed by atoms with Gasteiger partial charge >= 0.3 is 0 Å². The minimum absolute atomic E-state index is 0.123. The molecule has 0 radical (unpaired) electrons. The number of methoxy groups -OCH3 is 1. The predicted molar refractivity (Wildman–Crippen MR) is 95.0 cm³/mol. The van der Waals surface area contributed by atoms with Gasteiger partial charge in [-0.1, -0.05) is 11.6 Å². The molecule has 1 amide bonds. The number of amides is 1. The van der Waals surface area contributed by atoms with Crippen LogP contribution in [0.25, 0.3) is 0 Å². The molecule has 0 spiro atoms. The fourth-order valence-electron chi connectivity index (χ4n) is 1.99. The molecule has 5 nitrogen and oxygen atoms in total. The Labute approximate surface area is 146 Å². The summed E-state index contributed by atoms with van der Waals surface area (Å²) in [5, 5.41) is 4.70. The molecular formula is C18H19ClN2O3. The summed E-state index contributed by atoms with van der Waals surface area (Å²) < 4.78 is 10.6. The molecule has 0 aliphatic heterocycles. The molecule has 0 fully saturated rings. The Morgan fingerprint density at radius 3 is 2.54 bits per heavy atom. The van der Waals surface area contributed by atoms with Crippen LogP contribution in [0, 0.1) is 6.92 Å². The van der Waals surface area contributed by atoms with E-state index in [9.17, 15) is 4.79 Å². The highest BCUT2D eigenvalue weighted by Crippen LogP contribution is 2.21. The van der Waals surface area contributed by atoms with Crippen molar-refractivity contribution < 1.29 is 14.3 Å². The van der Waals surface area contributed by atoms with E-state index in [2.05, 4.69) is 10.5 Å². The molecule has 0 atom stereocenters. The Morgan fingerprint density at radius 1 is 1.21 bits per heavy atom. The Hall–Kier alpha value is -2.53. The smallest absolute Gasteiger partial charge is 0.277 e. The Bertz CT molecular complexity index is 742. The molecule has 2 aromatic rings. The van der Waals surface area contributed by atoms with Crippen molar-refractivity contribution in [2.75, 3.05) is 13.7 Å². The first-order valence-electron chi connectivity index (χ1n) is 7.36. The first-order valence-corrected chi connectivity index (χ1v) is 7.74. The van der Waals surface area contributed by atoms with E-state index < -0.39 is 0 Å². The monoisotopic (exact) mass is 346 g/mol. The number of hydrazone groups is 1. The van der Waals surface area contributed by atoms with Crippen LogP contribution in [0.3, 0.4) is 0 Å². The third kappa shape index (κ3) is 4.99. The van der Waals surface area contributed by atoms with Crippen molar-refractivity contribution in [2.45, 2.75) is 13.8 Å². The molecule has 0 bridgehead atoms. The second-order valence-electron chi connectivity index (χ2n) is 5.16. The molecule has 0 heterocycles. The van der Waals surface area contributed by atoms with Crippen LogP contribution in [-0.2, 0) is 4.79 Å². The second-order valence-corrected chi connectivity index (χ2v) is 5.60. The maximum Gasteiger partial charge on any atom is 0.277 e. The van der Waals surface area contributed by atoms with Gasteiger partial charge in [0.15, 0.2) is 6.61 Å². The zero-order valence-electron chi connectivity index (χ0n) is 13.8. The second kappa shape index (κ2) is 8.36. The van der Waals surface area contributed by atoms with Gasteiger partial charge in [0, 0.05) is 5.02 Å². The van der Waals surface area contributed by atoms with Crippen molar-refractivity contribution >= 4 is 23.2 Å². The maximum atomic E-state index is 11.8. The zero-order valence-corrected chi connectivity index (χ0v) is 14.6. The van der Waals surface area contributed by atoms with Crippen molar-refractivity contribution in [3.8, 4) is 11.5 Å². The number of hydrogen-bond acceptors (Lipinski definition) is 4. The summed E-state index contributed by atoms with van der Waals surface area (Å²) in [5.74, 6) is 1.05. The molecule has 2 rings (SSSR count). The van der Waals surface area contributed by atoms with E-state index in [1.54, 1.807) is 25.3 Å². The SMILES string of the molecule is COc1ccc(/C(C)=N\NC(=O)COc2ccc(Cl)cc2C)cc1. The number of nitrogens with zero attached hydrogens (tertiary/aromatic N) is 1. The highest BCUT2D eigenvalue weighted by molar-refractivity contribution is 6.30. The average molecular weight is 347 g/mol. The standard InChI is InChI=1S/C18H19ClN2O3/c1-12-10-15(19)6-9-17(12)24-11-18(22)21-20-13(2)14-4-7-16(23-3)8-5-14/h4-10H,11H2,1-3H3,(H,21,22)/b20-13-. The fourth-order valence-corrected chi connectivity index (χ4v) is 2.22. The van der Waals surface area contributed by atoms with Gasteiger partial charge in [0.25, 0.3) is 5.91 Å². The lowest BCUT2D eigenvalue weighted by Gasteiger charge is -2.08. The summed E-state index contributed by atoms with van der Waals surface area (Å²) in [6.45, 7) is 3.55. The molecular weight excluding hydrogens is 328 g/mol. The molecule has 0 saturated heterocycles. The Balaban J connectivity index is 1.89. The van der Waals surface area contributed by atoms with E-state index in [1.165, 1.54) is 0 Å². The third-order valence-electron chi connectivity index (χ3n) is 3.35. The van der Waals surface area contributed by atoms with Crippen LogP contribution in [0.2, 0.25) is 5.02 Å². The van der Waals surface area contributed by atoms with Crippen molar-refractivity contribution in [1.82, 2.24) is 5.43 Å². The molecule has 126 valence electrons. The van der Waals surface area contributed by atoms with E-state index >= 15 is 0 Å². The number of nitrogens with one attached hydrogen (secondary N) is 1. The van der Waals surface area contributed by atoms with E-state index in [4.69, 9.17) is 21.1 Å². The molecule has 1 N–H and O–H groups in total. The lowest BCUT2D eigenvalue weighted by atomic mass is 10.1. The third-order valence-corrected chi connectivity index (χ3v) is 3.59. The van der Waals surface area contributed by atoms with Crippen molar-refractivity contribution in [1.29, 1.82) is 0 Å². The summed E-state index contributed by atoms with van der Waals surface area (Å²) >= 11 is 5.88. The zero-order chi connectivity index (χ0) is 17.5. The van der Waals surface area contributed by atoms with Gasteiger partial charge in [0.2, 0.25) is 0 Å². The topological polar surface area (TPSA) is 59.9 Å². The number of rotatable bonds is 6. The number of hydrogen-bond donors (Lipinski definition) is 1. The van der Waals surface area contributed by atoms with Crippen molar-refractivity contribution in [2.24, 2.45) is 5.10 Å². The molecule has 0 aromatic heterocycles. The largest absolute Gasteiger partial charge is 0.497 e. The van der Waals surface area contributed by atoms with Gasteiger partial charge in [0.05, 0.1) is 12.8 Å². The highest BCUT2D eigenvalue weighted by atomic mass is 35.5. The number of carbonyl (C=O) groups is 1. The van der Waals surface area contributed by atoms with Gasteiger partial charge in [0.1, 0.15) is 11.5 Å². The summed E-state index contributed by atoms with van der Waals surface area (Å²) in [6.07, 6.45) is 0. The van der Waals surface area contributed by atoms with E-state index in [0.717, 1.165) is 16.9 Å². The van der Waals surface area contributed by atoms with E-state index in [-0.39, 0.29) is 12.5 Å². The molecule has 0 aliphatic rings. The minimum Gasteiger partial charge on any atom is -0.497 e. The van der Waals surface area contributed by atoms with Gasteiger partial charge in [-0.05, 0) is 67.4 Å². The lowest BCUT2D eigenvalue weighted by Crippen LogP contribution is -2.25. The highest BCUT2D eigenvalue weighted by Gasteiger charge is 2.05.